The number of benzene rings is 2. The Balaban J connectivity index is 1.48. The van der Waals surface area contributed by atoms with E-state index in [1.165, 1.54) is 5.56 Å². The van der Waals surface area contributed by atoms with Crippen LogP contribution in [0.4, 0.5) is 4.79 Å². The minimum absolute atomic E-state index is 0.213. The highest BCUT2D eigenvalue weighted by molar-refractivity contribution is 8.18. The van der Waals surface area contributed by atoms with Gasteiger partial charge in [0.2, 0.25) is 5.91 Å². The number of carbonyl (C=O) groups is 3. The normalized spacial score (nSPS) is 17.3. The van der Waals surface area contributed by atoms with Crippen molar-refractivity contribution in [3.05, 3.63) is 69.1 Å². The Kier molecular flexibility index (Phi) is 5.87. The number of nitrogens with zero attached hydrogens (tertiary/aromatic N) is 2. The molecule has 0 bridgehead atoms. The van der Waals surface area contributed by atoms with Crippen LogP contribution in [0.5, 0.6) is 5.75 Å². The first kappa shape index (κ1) is 21.2. The van der Waals surface area contributed by atoms with Gasteiger partial charge in [-0.15, -0.1) is 0 Å². The van der Waals surface area contributed by atoms with Crippen LogP contribution in [0.2, 0.25) is 0 Å². The van der Waals surface area contributed by atoms with Gasteiger partial charge in [0.1, 0.15) is 12.3 Å². The molecule has 0 atom stereocenters. The Labute approximate surface area is 185 Å². The predicted octanol–water partition coefficient (Wildman–Crippen LogP) is 3.93. The van der Waals surface area contributed by atoms with Gasteiger partial charge < -0.3 is 9.64 Å². The molecule has 160 valence electrons. The third kappa shape index (κ3) is 4.23. The maximum atomic E-state index is 12.9. The van der Waals surface area contributed by atoms with Crippen LogP contribution in [0, 0.1) is 13.8 Å². The lowest BCUT2D eigenvalue weighted by atomic mass is 10.00. The van der Waals surface area contributed by atoms with E-state index in [4.69, 9.17) is 4.74 Å². The first-order valence-corrected chi connectivity index (χ1v) is 10.9. The lowest BCUT2D eigenvalue weighted by molar-refractivity contribution is -0.136. The van der Waals surface area contributed by atoms with E-state index in [2.05, 4.69) is 6.07 Å². The van der Waals surface area contributed by atoms with Crippen molar-refractivity contribution >= 4 is 34.9 Å². The SMILES string of the molecule is COc1cc(C)c(/C=C2\SC(=O)N(CC(=O)N3CCc4ccccc4C3)C2=O)cc1C. The number of methoxy groups -OCH3 is 1. The number of carbonyl (C=O) groups excluding carboxylic acids is 3. The lowest BCUT2D eigenvalue weighted by Crippen LogP contribution is -2.44. The summed E-state index contributed by atoms with van der Waals surface area (Å²) in [4.78, 5) is 41.3. The second-order valence-electron chi connectivity index (χ2n) is 7.78. The Morgan fingerprint density at radius 1 is 1.13 bits per heavy atom. The maximum absolute atomic E-state index is 12.9. The molecule has 31 heavy (non-hydrogen) atoms. The fourth-order valence-corrected chi connectivity index (χ4v) is 4.74. The maximum Gasteiger partial charge on any atom is 0.294 e. The van der Waals surface area contributed by atoms with E-state index in [1.807, 2.05) is 44.2 Å². The summed E-state index contributed by atoms with van der Waals surface area (Å²) in [7, 11) is 1.62. The van der Waals surface area contributed by atoms with E-state index in [9.17, 15) is 14.4 Å². The second-order valence-corrected chi connectivity index (χ2v) is 8.77. The van der Waals surface area contributed by atoms with Gasteiger partial charge in [-0.2, -0.15) is 0 Å². The smallest absolute Gasteiger partial charge is 0.294 e. The fourth-order valence-electron chi connectivity index (χ4n) is 3.91. The van der Waals surface area contributed by atoms with Crippen LogP contribution in [0.3, 0.4) is 0 Å². The molecule has 0 aliphatic carbocycles. The summed E-state index contributed by atoms with van der Waals surface area (Å²) in [5.41, 5.74) is 5.09. The number of ether oxygens (including phenoxy) is 1. The molecule has 1 saturated heterocycles. The molecule has 4 rings (SSSR count). The molecular formula is C24H24N2O4S. The summed E-state index contributed by atoms with van der Waals surface area (Å²) in [6.45, 7) is 4.72. The molecule has 1 fully saturated rings. The second kappa shape index (κ2) is 8.59. The van der Waals surface area contributed by atoms with Gasteiger partial charge in [0.25, 0.3) is 11.1 Å². The molecule has 2 aromatic carbocycles. The zero-order valence-electron chi connectivity index (χ0n) is 17.8. The van der Waals surface area contributed by atoms with Gasteiger partial charge in [-0.3, -0.25) is 19.3 Å². The van der Waals surface area contributed by atoms with Crippen molar-refractivity contribution in [3.63, 3.8) is 0 Å². The molecule has 3 amide bonds. The Morgan fingerprint density at radius 3 is 2.61 bits per heavy atom. The molecule has 0 aromatic heterocycles. The van der Waals surface area contributed by atoms with Crippen molar-refractivity contribution in [2.45, 2.75) is 26.8 Å². The van der Waals surface area contributed by atoms with Gasteiger partial charge in [-0.1, -0.05) is 24.3 Å². The van der Waals surface area contributed by atoms with Gasteiger partial charge in [0.15, 0.2) is 0 Å². The first-order chi connectivity index (χ1) is 14.9. The molecule has 2 heterocycles. The van der Waals surface area contributed by atoms with Gasteiger partial charge in [0.05, 0.1) is 12.0 Å². The average Bonchev–Trinajstić information content (AvgIpc) is 3.02. The molecule has 0 saturated carbocycles. The standard InChI is InChI=1S/C24H24N2O4S/c1-15-11-20(30-3)16(2)10-19(15)12-21-23(28)26(24(29)31-21)14-22(27)25-9-8-17-6-4-5-7-18(17)13-25/h4-7,10-12H,8-9,13-14H2,1-3H3/b21-12-. The molecule has 0 radical (unpaired) electrons. The molecule has 7 heteroatoms. The summed E-state index contributed by atoms with van der Waals surface area (Å²) >= 11 is 0.875. The summed E-state index contributed by atoms with van der Waals surface area (Å²) < 4.78 is 5.33. The summed E-state index contributed by atoms with van der Waals surface area (Å²) in [6, 6.07) is 11.9. The zero-order valence-corrected chi connectivity index (χ0v) is 18.6. The van der Waals surface area contributed by atoms with Gasteiger partial charge in [-0.25, -0.2) is 0 Å². The van der Waals surface area contributed by atoms with E-state index in [0.717, 1.165) is 51.1 Å². The van der Waals surface area contributed by atoms with Gasteiger partial charge in [0, 0.05) is 13.1 Å². The molecule has 2 aromatic rings. The summed E-state index contributed by atoms with van der Waals surface area (Å²) in [5, 5.41) is -0.412. The van der Waals surface area contributed by atoms with Crippen LogP contribution in [-0.4, -0.2) is 47.1 Å². The van der Waals surface area contributed by atoms with Crippen LogP contribution < -0.4 is 4.74 Å². The Morgan fingerprint density at radius 2 is 1.87 bits per heavy atom. The number of rotatable bonds is 4. The van der Waals surface area contributed by atoms with Crippen molar-refractivity contribution < 1.29 is 19.1 Å². The Hall–Kier alpha value is -3.06. The van der Waals surface area contributed by atoms with Crippen LogP contribution in [0.1, 0.15) is 27.8 Å². The fraction of sp³-hybridized carbons (Fsp3) is 0.292. The summed E-state index contributed by atoms with van der Waals surface area (Å²) in [5.74, 6) is 0.139. The van der Waals surface area contributed by atoms with Crippen LogP contribution in [0.15, 0.2) is 41.3 Å². The number of aryl methyl sites for hydroxylation is 2. The largest absolute Gasteiger partial charge is 0.496 e. The monoisotopic (exact) mass is 436 g/mol. The van der Waals surface area contributed by atoms with Crippen molar-refractivity contribution in [2.75, 3.05) is 20.2 Å². The highest BCUT2D eigenvalue weighted by Gasteiger charge is 2.37. The van der Waals surface area contributed by atoms with E-state index in [-0.39, 0.29) is 12.5 Å². The number of thioether (sulfide) groups is 1. The average molecular weight is 437 g/mol. The highest BCUT2D eigenvalue weighted by Crippen LogP contribution is 2.34. The number of fused-ring (bicyclic) bond motifs is 1. The van der Waals surface area contributed by atoms with Gasteiger partial charge in [-0.05, 0) is 78.1 Å². The van der Waals surface area contributed by atoms with Crippen molar-refractivity contribution in [1.82, 2.24) is 9.80 Å². The van der Waals surface area contributed by atoms with Crippen molar-refractivity contribution in [1.29, 1.82) is 0 Å². The quantitative estimate of drug-likeness (QED) is 0.680. The molecule has 0 unspecified atom stereocenters. The van der Waals surface area contributed by atoms with E-state index < -0.39 is 11.1 Å². The van der Waals surface area contributed by atoms with E-state index >= 15 is 0 Å². The number of imide groups is 1. The van der Waals surface area contributed by atoms with Crippen molar-refractivity contribution in [3.8, 4) is 5.75 Å². The van der Waals surface area contributed by atoms with Crippen LogP contribution >= 0.6 is 11.8 Å². The highest BCUT2D eigenvalue weighted by atomic mass is 32.2. The van der Waals surface area contributed by atoms with E-state index in [0.29, 0.717) is 18.0 Å². The molecular weight excluding hydrogens is 412 g/mol. The van der Waals surface area contributed by atoms with E-state index in [1.54, 1.807) is 18.1 Å². The predicted molar refractivity (Wildman–Crippen MR) is 121 cm³/mol. The molecule has 6 nitrogen and oxygen atoms in total. The van der Waals surface area contributed by atoms with Crippen LogP contribution in [0.25, 0.3) is 6.08 Å². The number of hydrogen-bond donors (Lipinski definition) is 0. The van der Waals surface area contributed by atoms with Crippen LogP contribution in [-0.2, 0) is 22.6 Å². The van der Waals surface area contributed by atoms with Gasteiger partial charge >= 0.3 is 0 Å². The third-order valence-electron chi connectivity index (χ3n) is 5.72. The first-order valence-electron chi connectivity index (χ1n) is 10.1. The molecule has 2 aliphatic heterocycles. The minimum Gasteiger partial charge on any atom is -0.496 e. The Bertz CT molecular complexity index is 1110. The molecule has 0 spiro atoms. The van der Waals surface area contributed by atoms with Crippen molar-refractivity contribution in [2.24, 2.45) is 0 Å². The number of amides is 3. The summed E-state index contributed by atoms with van der Waals surface area (Å²) in [6.07, 6.45) is 2.49. The molecule has 0 N–H and O–H groups in total. The minimum atomic E-state index is -0.423. The molecule has 2 aliphatic rings. The number of hydrogen-bond acceptors (Lipinski definition) is 5. The zero-order chi connectivity index (χ0) is 22.1. The third-order valence-corrected chi connectivity index (χ3v) is 6.63. The lowest BCUT2D eigenvalue weighted by Gasteiger charge is -2.29. The topological polar surface area (TPSA) is 66.9 Å².